The van der Waals surface area contributed by atoms with Crippen molar-refractivity contribution in [1.82, 2.24) is 0 Å². The van der Waals surface area contributed by atoms with Crippen LogP contribution in [0.25, 0.3) is 0 Å². The van der Waals surface area contributed by atoms with Crippen molar-refractivity contribution in [2.45, 2.75) is 245 Å². The monoisotopic (exact) mass is 1020 g/mol. The number of rotatable bonds is 53. The van der Waals surface area contributed by atoms with Crippen LogP contribution in [-0.2, 0) is 33.3 Å². The van der Waals surface area contributed by atoms with E-state index in [1.165, 1.54) is 103 Å². The van der Waals surface area contributed by atoms with Gasteiger partial charge in [-0.1, -0.05) is 239 Å². The summed E-state index contributed by atoms with van der Waals surface area (Å²) in [6, 6.07) is 0. The van der Waals surface area contributed by atoms with Crippen LogP contribution in [0.5, 0.6) is 0 Å². The van der Waals surface area contributed by atoms with Gasteiger partial charge in [0.25, 0.3) is 0 Å². The highest BCUT2D eigenvalue weighted by molar-refractivity contribution is 5.70. The molecular formula is C64H109NO8. The maximum atomic E-state index is 12.9. The fourth-order valence-electron chi connectivity index (χ4n) is 7.85. The fourth-order valence-corrected chi connectivity index (χ4v) is 7.85. The fraction of sp³-hybridized carbons (Fsp3) is 0.703. The molecule has 0 heterocycles. The second-order valence-corrected chi connectivity index (χ2v) is 20.6. The molecule has 0 N–H and O–H groups in total. The van der Waals surface area contributed by atoms with Gasteiger partial charge < -0.3 is 33.3 Å². The van der Waals surface area contributed by atoms with Gasteiger partial charge >= 0.3 is 11.9 Å². The highest BCUT2D eigenvalue weighted by Gasteiger charge is 2.22. The molecule has 0 saturated carbocycles. The lowest BCUT2D eigenvalue weighted by Gasteiger charge is -2.26. The van der Waals surface area contributed by atoms with Gasteiger partial charge in [0, 0.05) is 12.8 Å². The summed E-state index contributed by atoms with van der Waals surface area (Å²) < 4.78 is 22.7. The number of carboxylic acids is 1. The minimum absolute atomic E-state index is 0.138. The SMILES string of the molecule is CC/C=C\C/C=C\C/C=C\C/C=C\C/C=C\C/C=C\C/C=C\C/C=C\CCCCCCC(=O)OC(COC(=O)CCCCCCCCCCCCCCCCCCCCC)COC(OCC[N+](C)(C)C)C(=O)[O-]. The zero-order chi connectivity index (χ0) is 53.4. The number of carboxylic acid groups (broad SMARTS) is 1. The van der Waals surface area contributed by atoms with E-state index >= 15 is 0 Å². The Labute approximate surface area is 448 Å². The summed E-state index contributed by atoms with van der Waals surface area (Å²) in [5, 5.41) is 11.8. The molecule has 9 nitrogen and oxygen atoms in total. The van der Waals surface area contributed by atoms with Crippen molar-refractivity contribution in [3.05, 3.63) is 97.2 Å². The smallest absolute Gasteiger partial charge is 0.306 e. The Kier molecular flexibility index (Phi) is 51.6. The molecule has 73 heavy (non-hydrogen) atoms. The number of carbonyl (C=O) groups excluding carboxylic acids is 3. The number of hydrogen-bond donors (Lipinski definition) is 0. The van der Waals surface area contributed by atoms with Gasteiger partial charge in [0.15, 0.2) is 12.4 Å². The highest BCUT2D eigenvalue weighted by Crippen LogP contribution is 2.16. The van der Waals surface area contributed by atoms with Crippen LogP contribution in [0.3, 0.4) is 0 Å². The van der Waals surface area contributed by atoms with Crippen molar-refractivity contribution in [3.8, 4) is 0 Å². The summed E-state index contributed by atoms with van der Waals surface area (Å²) in [7, 11) is 5.91. The lowest BCUT2D eigenvalue weighted by molar-refractivity contribution is -0.870. The number of quaternary nitrogens is 1. The lowest BCUT2D eigenvalue weighted by atomic mass is 10.0. The first-order valence-corrected chi connectivity index (χ1v) is 29.4. The number of hydrogen-bond acceptors (Lipinski definition) is 8. The first kappa shape index (κ1) is 69.2. The number of ether oxygens (including phenoxy) is 4. The molecule has 2 atom stereocenters. The Morgan fingerprint density at radius 1 is 0.425 bits per heavy atom. The number of allylic oxidation sites excluding steroid dienone is 16. The van der Waals surface area contributed by atoms with Gasteiger partial charge in [0.05, 0.1) is 40.3 Å². The van der Waals surface area contributed by atoms with E-state index in [0.29, 0.717) is 17.4 Å². The van der Waals surface area contributed by atoms with E-state index in [-0.39, 0.29) is 38.6 Å². The van der Waals surface area contributed by atoms with Crippen molar-refractivity contribution in [2.75, 3.05) is 47.5 Å². The van der Waals surface area contributed by atoms with Crippen molar-refractivity contribution in [3.63, 3.8) is 0 Å². The van der Waals surface area contributed by atoms with Crippen LogP contribution in [0.2, 0.25) is 0 Å². The summed E-state index contributed by atoms with van der Waals surface area (Å²) in [5.74, 6) is -2.32. The Morgan fingerprint density at radius 2 is 0.781 bits per heavy atom. The van der Waals surface area contributed by atoms with E-state index in [4.69, 9.17) is 18.9 Å². The standard InChI is InChI=1S/C64H109NO8/c1-6-8-10-12-14-16-18-20-22-24-26-27-28-29-30-31-32-33-34-35-37-39-41-43-45-47-49-51-53-55-62(67)73-60(59-72-64(63(68)69)70-57-56-65(3,4)5)58-71-61(66)54-52-50-48-46-44-42-40-38-36-25-23-21-19-17-15-13-11-9-7-2/h8,10,14,16,20,22,26-27,29-30,32-33,35,37,41,43,60,64H,6-7,9,11-13,15,17-19,21,23-25,28,31,34,36,38-40,42,44-59H2,1-5H3/b10-8-,16-14-,22-20-,27-26-,30-29-,33-32-,37-35-,43-41-. The van der Waals surface area contributed by atoms with Crippen LogP contribution in [0.4, 0.5) is 0 Å². The predicted octanol–water partition coefficient (Wildman–Crippen LogP) is 16.0. The predicted molar refractivity (Wildman–Crippen MR) is 306 cm³/mol. The molecule has 0 aliphatic carbocycles. The summed E-state index contributed by atoms with van der Waals surface area (Å²) in [6.07, 6.45) is 70.2. The van der Waals surface area contributed by atoms with Crippen LogP contribution in [0.1, 0.15) is 232 Å². The Hall–Kier alpha value is -3.79. The van der Waals surface area contributed by atoms with Gasteiger partial charge in [0.1, 0.15) is 13.2 Å². The molecule has 0 spiro atoms. The molecule has 0 fully saturated rings. The van der Waals surface area contributed by atoms with Gasteiger partial charge in [-0.15, -0.1) is 0 Å². The van der Waals surface area contributed by atoms with E-state index in [1.54, 1.807) is 0 Å². The Morgan fingerprint density at radius 3 is 1.16 bits per heavy atom. The van der Waals surface area contributed by atoms with Gasteiger partial charge in [-0.05, 0) is 77.0 Å². The van der Waals surface area contributed by atoms with Gasteiger partial charge in [0.2, 0.25) is 0 Å². The van der Waals surface area contributed by atoms with E-state index in [1.807, 2.05) is 21.1 Å². The molecular weight excluding hydrogens is 911 g/mol. The molecule has 0 aromatic heterocycles. The summed E-state index contributed by atoms with van der Waals surface area (Å²) in [5.41, 5.74) is 0. The third kappa shape index (κ3) is 55.8. The summed E-state index contributed by atoms with van der Waals surface area (Å²) in [6.45, 7) is 4.61. The zero-order valence-corrected chi connectivity index (χ0v) is 47.5. The third-order valence-corrected chi connectivity index (χ3v) is 12.3. The second kappa shape index (κ2) is 54.5. The topological polar surface area (TPSA) is 111 Å². The molecule has 0 aromatic rings. The van der Waals surface area contributed by atoms with Gasteiger partial charge in [-0.2, -0.15) is 0 Å². The number of carbonyl (C=O) groups is 3. The van der Waals surface area contributed by atoms with Crippen LogP contribution < -0.4 is 5.11 Å². The van der Waals surface area contributed by atoms with E-state index < -0.39 is 24.3 Å². The molecule has 0 bridgehead atoms. The first-order valence-electron chi connectivity index (χ1n) is 29.4. The van der Waals surface area contributed by atoms with E-state index in [9.17, 15) is 19.5 Å². The number of nitrogens with zero attached hydrogens (tertiary/aromatic N) is 1. The highest BCUT2D eigenvalue weighted by atomic mass is 16.7. The first-order chi connectivity index (χ1) is 35.6. The molecule has 9 heteroatoms. The molecule has 418 valence electrons. The van der Waals surface area contributed by atoms with E-state index in [2.05, 4.69) is 111 Å². The second-order valence-electron chi connectivity index (χ2n) is 20.6. The number of esters is 2. The van der Waals surface area contributed by atoms with Gasteiger partial charge in [-0.3, -0.25) is 9.59 Å². The lowest BCUT2D eigenvalue weighted by Crippen LogP contribution is -2.44. The molecule has 0 radical (unpaired) electrons. The van der Waals surface area contributed by atoms with E-state index in [0.717, 1.165) is 96.3 Å². The summed E-state index contributed by atoms with van der Waals surface area (Å²) >= 11 is 0. The molecule has 2 unspecified atom stereocenters. The quantitative estimate of drug-likeness (QED) is 0.0195. The maximum Gasteiger partial charge on any atom is 0.306 e. The van der Waals surface area contributed by atoms with Crippen LogP contribution in [-0.4, -0.2) is 82.3 Å². The van der Waals surface area contributed by atoms with Crippen molar-refractivity contribution < 1.29 is 42.9 Å². The number of likely N-dealkylation sites (N-methyl/N-ethyl adjacent to an activating group) is 1. The van der Waals surface area contributed by atoms with Crippen molar-refractivity contribution in [1.29, 1.82) is 0 Å². The van der Waals surface area contributed by atoms with Crippen LogP contribution >= 0.6 is 0 Å². The molecule has 0 aliphatic rings. The van der Waals surface area contributed by atoms with Crippen molar-refractivity contribution in [2.24, 2.45) is 0 Å². The normalized spacial score (nSPS) is 13.5. The molecule has 0 aromatic carbocycles. The summed E-state index contributed by atoms with van der Waals surface area (Å²) in [4.78, 5) is 37.3. The average Bonchev–Trinajstić information content (AvgIpc) is 3.36. The molecule has 0 aliphatic heterocycles. The van der Waals surface area contributed by atoms with Gasteiger partial charge in [-0.25, -0.2) is 0 Å². The minimum Gasteiger partial charge on any atom is -0.545 e. The largest absolute Gasteiger partial charge is 0.545 e. The molecule has 0 amide bonds. The minimum atomic E-state index is -1.63. The van der Waals surface area contributed by atoms with Crippen molar-refractivity contribution >= 4 is 17.9 Å². The van der Waals surface area contributed by atoms with Crippen LogP contribution in [0, 0.1) is 0 Å². The molecule has 0 rings (SSSR count). The Bertz CT molecular complexity index is 1520. The number of aliphatic carboxylic acids is 1. The zero-order valence-electron chi connectivity index (χ0n) is 47.5. The number of unbranched alkanes of at least 4 members (excludes halogenated alkanes) is 22. The Balaban J connectivity index is 4.33. The molecule has 0 saturated heterocycles. The van der Waals surface area contributed by atoms with Crippen LogP contribution in [0.15, 0.2) is 97.2 Å². The third-order valence-electron chi connectivity index (χ3n) is 12.3. The average molecular weight is 1020 g/mol. The maximum absolute atomic E-state index is 12.9.